The number of nitrogens with zero attached hydrogens (tertiary/aromatic N) is 2. The van der Waals surface area contributed by atoms with E-state index >= 15 is 0 Å². The largest absolute Gasteiger partial charge is 0.497 e. The first-order valence-electron chi connectivity index (χ1n) is 9.31. The average Bonchev–Trinajstić information content (AvgIpc) is 2.71. The molecule has 1 N–H and O–H groups in total. The number of rotatable bonds is 9. The molecule has 0 radical (unpaired) electrons. The number of benzene rings is 2. The van der Waals surface area contributed by atoms with Crippen molar-refractivity contribution >= 4 is 27.3 Å². The van der Waals surface area contributed by atoms with Gasteiger partial charge >= 0.3 is 0 Å². The minimum Gasteiger partial charge on any atom is -0.497 e. The summed E-state index contributed by atoms with van der Waals surface area (Å²) in [7, 11) is -2.78. The van der Waals surface area contributed by atoms with E-state index < -0.39 is 27.4 Å². The van der Waals surface area contributed by atoms with Crippen LogP contribution in [-0.4, -0.2) is 38.9 Å². The first-order chi connectivity index (χ1) is 14.1. The summed E-state index contributed by atoms with van der Waals surface area (Å²) in [5.41, 5.74) is 0.262. The van der Waals surface area contributed by atoms with Gasteiger partial charge in [-0.15, -0.1) is 0 Å². The summed E-state index contributed by atoms with van der Waals surface area (Å²) in [5, 5.41) is 14.0. The van der Waals surface area contributed by atoms with Crippen molar-refractivity contribution in [2.45, 2.75) is 38.1 Å². The highest BCUT2D eigenvalue weighted by atomic mass is 32.2. The Morgan fingerprint density at radius 3 is 2.40 bits per heavy atom. The van der Waals surface area contributed by atoms with Crippen LogP contribution >= 0.6 is 0 Å². The van der Waals surface area contributed by atoms with Crippen LogP contribution in [0.5, 0.6) is 5.75 Å². The fourth-order valence-corrected chi connectivity index (χ4v) is 4.13. The van der Waals surface area contributed by atoms with E-state index in [-0.39, 0.29) is 22.3 Å². The molecule has 2 aromatic carbocycles. The second kappa shape index (κ2) is 9.57. The van der Waals surface area contributed by atoms with Crippen LogP contribution in [0.4, 0.5) is 11.4 Å². The van der Waals surface area contributed by atoms with Crippen LogP contribution in [0.1, 0.15) is 25.8 Å². The number of amides is 1. The predicted octanol–water partition coefficient (Wildman–Crippen LogP) is 3.02. The van der Waals surface area contributed by atoms with Gasteiger partial charge in [0.05, 0.1) is 22.6 Å². The summed E-state index contributed by atoms with van der Waals surface area (Å²) in [6, 6.07) is 9.71. The Hall–Kier alpha value is -3.14. The Balaban J connectivity index is 2.52. The molecule has 0 heterocycles. The standard InChI is InChI=1S/C20H25N3O6S/c1-5-15(3)21-20(24)13-22(16-7-9-17(29-4)10-8-16)30(27,28)18-11-6-14(2)19(12-18)23(25)26/h6-12,15H,5,13H2,1-4H3,(H,21,24)/t15-/m0/s1. The van der Waals surface area contributed by atoms with Crippen LogP contribution in [0.3, 0.4) is 0 Å². The summed E-state index contributed by atoms with van der Waals surface area (Å²) in [6.45, 7) is 4.76. The van der Waals surface area contributed by atoms with Crippen molar-refractivity contribution in [3.05, 3.63) is 58.1 Å². The van der Waals surface area contributed by atoms with Gasteiger partial charge in [0.2, 0.25) is 5.91 Å². The van der Waals surface area contributed by atoms with Crippen LogP contribution in [0.2, 0.25) is 0 Å². The maximum absolute atomic E-state index is 13.4. The molecule has 30 heavy (non-hydrogen) atoms. The first kappa shape index (κ1) is 23.1. The molecule has 0 saturated heterocycles. The number of carbonyl (C=O) groups excluding carboxylic acids is 1. The van der Waals surface area contributed by atoms with E-state index in [9.17, 15) is 23.3 Å². The lowest BCUT2D eigenvalue weighted by atomic mass is 10.2. The second-order valence-corrected chi connectivity index (χ2v) is 8.65. The highest BCUT2D eigenvalue weighted by Crippen LogP contribution is 2.29. The number of aryl methyl sites for hydroxylation is 1. The molecule has 10 heteroatoms. The third-order valence-corrected chi connectivity index (χ3v) is 6.40. The van der Waals surface area contributed by atoms with E-state index in [1.165, 1.54) is 38.3 Å². The van der Waals surface area contributed by atoms with Gasteiger partial charge in [-0.1, -0.05) is 13.0 Å². The van der Waals surface area contributed by atoms with Crippen molar-refractivity contribution in [1.82, 2.24) is 5.32 Å². The third kappa shape index (κ3) is 5.26. The van der Waals surface area contributed by atoms with Gasteiger partial charge < -0.3 is 10.1 Å². The quantitative estimate of drug-likeness (QED) is 0.478. The molecule has 0 aromatic heterocycles. The molecule has 0 spiro atoms. The summed E-state index contributed by atoms with van der Waals surface area (Å²) in [6.07, 6.45) is 0.686. The van der Waals surface area contributed by atoms with Crippen LogP contribution < -0.4 is 14.4 Å². The van der Waals surface area contributed by atoms with E-state index in [1.54, 1.807) is 12.1 Å². The van der Waals surface area contributed by atoms with Gasteiger partial charge in [-0.25, -0.2) is 8.42 Å². The zero-order valence-electron chi connectivity index (χ0n) is 17.3. The van der Waals surface area contributed by atoms with E-state index in [4.69, 9.17) is 4.74 Å². The Morgan fingerprint density at radius 1 is 1.23 bits per heavy atom. The molecule has 0 aliphatic rings. The number of nitro groups is 1. The zero-order chi connectivity index (χ0) is 22.5. The summed E-state index contributed by atoms with van der Waals surface area (Å²) < 4.78 is 32.7. The molecule has 1 amide bonds. The second-order valence-electron chi connectivity index (χ2n) is 6.79. The first-order valence-corrected chi connectivity index (χ1v) is 10.7. The van der Waals surface area contributed by atoms with Gasteiger partial charge in [0.15, 0.2) is 0 Å². The average molecular weight is 436 g/mol. The SMILES string of the molecule is CC[C@H](C)NC(=O)CN(c1ccc(OC)cc1)S(=O)(=O)c1ccc(C)c([N+](=O)[O-])c1. The van der Waals surface area contributed by atoms with E-state index in [0.29, 0.717) is 17.7 Å². The predicted molar refractivity (Wildman–Crippen MR) is 113 cm³/mol. The molecule has 0 aliphatic carbocycles. The molecule has 0 aliphatic heterocycles. The van der Waals surface area contributed by atoms with Crippen molar-refractivity contribution in [3.8, 4) is 5.75 Å². The van der Waals surface area contributed by atoms with Crippen LogP contribution in [0, 0.1) is 17.0 Å². The molecule has 1 atom stereocenters. The van der Waals surface area contributed by atoms with Crippen molar-refractivity contribution in [2.75, 3.05) is 18.0 Å². The van der Waals surface area contributed by atoms with E-state index in [1.807, 2.05) is 13.8 Å². The number of nitrogens with one attached hydrogen (secondary N) is 1. The zero-order valence-corrected chi connectivity index (χ0v) is 18.1. The fraction of sp³-hybridized carbons (Fsp3) is 0.350. The van der Waals surface area contributed by atoms with Gasteiger partial charge in [0.25, 0.3) is 15.7 Å². The maximum atomic E-state index is 13.4. The maximum Gasteiger partial charge on any atom is 0.273 e. The van der Waals surface area contributed by atoms with Crippen LogP contribution in [0.15, 0.2) is 47.4 Å². The minimum atomic E-state index is -4.26. The Morgan fingerprint density at radius 2 is 1.87 bits per heavy atom. The number of methoxy groups -OCH3 is 1. The Kier molecular flexibility index (Phi) is 7.38. The summed E-state index contributed by atoms with van der Waals surface area (Å²) in [4.78, 5) is 22.8. The Bertz CT molecular complexity index is 1020. The molecule has 9 nitrogen and oxygen atoms in total. The van der Waals surface area contributed by atoms with Gasteiger partial charge in [0, 0.05) is 17.7 Å². The van der Waals surface area contributed by atoms with Crippen molar-refractivity contribution in [1.29, 1.82) is 0 Å². The highest BCUT2D eigenvalue weighted by molar-refractivity contribution is 7.92. The summed E-state index contributed by atoms with van der Waals surface area (Å²) in [5.74, 6) is 0.0384. The van der Waals surface area contributed by atoms with Gasteiger partial charge in [-0.3, -0.25) is 19.2 Å². The lowest BCUT2D eigenvalue weighted by Gasteiger charge is -2.25. The fourth-order valence-electron chi connectivity index (χ4n) is 2.69. The van der Waals surface area contributed by atoms with Crippen molar-refractivity contribution in [3.63, 3.8) is 0 Å². The number of ether oxygens (including phenoxy) is 1. The van der Waals surface area contributed by atoms with Gasteiger partial charge in [-0.05, 0) is 50.6 Å². The highest BCUT2D eigenvalue weighted by Gasteiger charge is 2.29. The molecule has 0 saturated carbocycles. The number of sulfonamides is 1. The van der Waals surface area contributed by atoms with Crippen LogP contribution in [-0.2, 0) is 14.8 Å². The van der Waals surface area contributed by atoms with Gasteiger partial charge in [-0.2, -0.15) is 0 Å². The molecule has 0 fully saturated rings. The number of hydrogen-bond acceptors (Lipinski definition) is 6. The summed E-state index contributed by atoms with van der Waals surface area (Å²) >= 11 is 0. The minimum absolute atomic E-state index is 0.126. The molecular formula is C20H25N3O6S. The molecule has 0 unspecified atom stereocenters. The Labute approximate surface area is 175 Å². The van der Waals surface area contributed by atoms with Crippen molar-refractivity contribution < 1.29 is 22.9 Å². The molecular weight excluding hydrogens is 410 g/mol. The topological polar surface area (TPSA) is 119 Å². The lowest BCUT2D eigenvalue weighted by Crippen LogP contribution is -2.43. The number of carbonyl (C=O) groups is 1. The number of hydrogen-bond donors (Lipinski definition) is 1. The molecule has 2 aromatic rings. The monoisotopic (exact) mass is 435 g/mol. The van der Waals surface area contributed by atoms with Gasteiger partial charge in [0.1, 0.15) is 12.3 Å². The normalized spacial score (nSPS) is 12.1. The van der Waals surface area contributed by atoms with Crippen molar-refractivity contribution in [2.24, 2.45) is 0 Å². The molecule has 162 valence electrons. The van der Waals surface area contributed by atoms with E-state index in [2.05, 4.69) is 5.32 Å². The molecule has 2 rings (SSSR count). The van der Waals surface area contributed by atoms with E-state index in [0.717, 1.165) is 10.4 Å². The lowest BCUT2D eigenvalue weighted by molar-refractivity contribution is -0.385. The number of nitro benzene ring substituents is 1. The third-order valence-electron chi connectivity index (χ3n) is 4.63. The smallest absolute Gasteiger partial charge is 0.273 e. The molecule has 0 bridgehead atoms. The number of anilines is 1. The van der Waals surface area contributed by atoms with Crippen LogP contribution in [0.25, 0.3) is 0 Å².